The van der Waals surface area contributed by atoms with Gasteiger partial charge in [0.2, 0.25) is 0 Å². The summed E-state index contributed by atoms with van der Waals surface area (Å²) in [5, 5.41) is 13.9. The average Bonchev–Trinajstić information content (AvgIpc) is 2.97. The molecule has 0 fully saturated rings. The zero-order valence-corrected chi connectivity index (χ0v) is 10.8. The molecule has 0 saturated heterocycles. The summed E-state index contributed by atoms with van der Waals surface area (Å²) in [7, 11) is 1.69. The number of H-pyrrole nitrogens is 1. The molecule has 2 aromatic rings. The van der Waals surface area contributed by atoms with E-state index in [1.807, 2.05) is 5.41 Å². The van der Waals surface area contributed by atoms with Gasteiger partial charge in [-0.1, -0.05) is 11.8 Å². The fourth-order valence-corrected chi connectivity index (χ4v) is 2.67. The molecule has 0 saturated carbocycles. The van der Waals surface area contributed by atoms with E-state index in [0.717, 1.165) is 5.52 Å². The number of aromatic nitrogens is 3. The number of hydrogen-bond acceptors (Lipinski definition) is 6. The Kier molecular flexibility index (Phi) is 2.68. The van der Waals surface area contributed by atoms with Crippen molar-refractivity contribution < 1.29 is 0 Å². The van der Waals surface area contributed by atoms with Crippen molar-refractivity contribution in [3.8, 4) is 6.19 Å². The van der Waals surface area contributed by atoms with Crippen LogP contribution < -0.4 is 11.0 Å². The van der Waals surface area contributed by atoms with Gasteiger partial charge in [-0.3, -0.25) is 9.47 Å². The second kappa shape index (κ2) is 4.37. The Balaban J connectivity index is 2.00. The first-order valence-corrected chi connectivity index (χ1v) is 6.45. The highest BCUT2D eigenvalue weighted by atomic mass is 32.2. The Bertz CT molecular complexity index is 755. The Hall–Kier alpha value is -2.40. The number of aromatic amines is 1. The Morgan fingerprint density at radius 1 is 1.63 bits per heavy atom. The standard InChI is InChI=1S/C11H10N6OS/c1-16-7-2-3-13-9(8(7)14-10(16)18)15-11-17(6-12)4-5-19-11/h2-5,11H,1H3,(H,13,15)(H,14,18). The molecule has 8 heteroatoms. The number of rotatable bonds is 2. The number of anilines is 1. The molecule has 3 rings (SSSR count). The summed E-state index contributed by atoms with van der Waals surface area (Å²) in [4.78, 5) is 20.1. The Labute approximate surface area is 112 Å². The minimum absolute atomic E-state index is 0.194. The van der Waals surface area contributed by atoms with Crippen molar-refractivity contribution in [3.05, 3.63) is 34.4 Å². The molecule has 0 aliphatic carbocycles. The third-order valence-electron chi connectivity index (χ3n) is 2.88. The molecule has 2 N–H and O–H groups in total. The highest BCUT2D eigenvalue weighted by molar-refractivity contribution is 8.03. The van der Waals surface area contributed by atoms with Gasteiger partial charge >= 0.3 is 5.69 Å². The highest BCUT2D eigenvalue weighted by Crippen LogP contribution is 2.27. The van der Waals surface area contributed by atoms with Crippen LogP contribution in [0, 0.1) is 11.5 Å². The molecule has 0 amide bonds. The van der Waals surface area contributed by atoms with Crippen LogP contribution in [-0.2, 0) is 7.05 Å². The van der Waals surface area contributed by atoms with Gasteiger partial charge < -0.3 is 10.3 Å². The van der Waals surface area contributed by atoms with Gasteiger partial charge in [-0.05, 0) is 11.5 Å². The summed E-state index contributed by atoms with van der Waals surface area (Å²) >= 11 is 1.46. The fourth-order valence-electron chi connectivity index (χ4n) is 1.89. The highest BCUT2D eigenvalue weighted by Gasteiger charge is 2.21. The van der Waals surface area contributed by atoms with E-state index in [1.165, 1.54) is 21.2 Å². The molecule has 1 atom stereocenters. The number of thioether (sulfide) groups is 1. The molecular weight excluding hydrogens is 264 g/mol. The summed E-state index contributed by atoms with van der Waals surface area (Å²) in [5.74, 6) is 0.552. The quantitative estimate of drug-likeness (QED) is 0.793. The first-order valence-electron chi connectivity index (χ1n) is 5.51. The molecule has 19 heavy (non-hydrogen) atoms. The summed E-state index contributed by atoms with van der Waals surface area (Å²) in [5.41, 5.74) is 0.967. The van der Waals surface area contributed by atoms with Crippen LogP contribution in [0.15, 0.2) is 28.7 Å². The largest absolute Gasteiger partial charge is 0.339 e. The van der Waals surface area contributed by atoms with Gasteiger partial charge in [-0.15, -0.1) is 0 Å². The number of imidazole rings is 1. The van der Waals surface area contributed by atoms with Gasteiger partial charge in [0.1, 0.15) is 5.52 Å². The smallest absolute Gasteiger partial charge is 0.326 e. The third kappa shape index (κ3) is 1.84. The third-order valence-corrected chi connectivity index (χ3v) is 3.77. The minimum atomic E-state index is -0.244. The second-order valence-electron chi connectivity index (χ2n) is 3.97. The maximum atomic E-state index is 11.6. The molecule has 1 aliphatic rings. The van der Waals surface area contributed by atoms with Gasteiger partial charge in [0.05, 0.1) is 5.52 Å². The molecule has 3 heterocycles. The van der Waals surface area contributed by atoms with E-state index in [-0.39, 0.29) is 11.2 Å². The van der Waals surface area contributed by atoms with Crippen molar-refractivity contribution in [1.29, 1.82) is 5.26 Å². The minimum Gasteiger partial charge on any atom is -0.339 e. The van der Waals surface area contributed by atoms with Gasteiger partial charge in [-0.25, -0.2) is 9.78 Å². The molecule has 96 valence electrons. The lowest BCUT2D eigenvalue weighted by molar-refractivity contribution is 0.537. The number of pyridine rings is 1. The number of nitriles is 1. The van der Waals surface area contributed by atoms with E-state index in [1.54, 1.807) is 25.5 Å². The molecule has 2 aromatic heterocycles. The number of nitrogens with zero attached hydrogens (tertiary/aromatic N) is 4. The molecule has 1 unspecified atom stereocenters. The average molecular weight is 274 g/mol. The molecule has 1 aliphatic heterocycles. The summed E-state index contributed by atoms with van der Waals surface area (Å²) < 4.78 is 1.52. The van der Waals surface area contributed by atoms with E-state index in [2.05, 4.69) is 21.5 Å². The van der Waals surface area contributed by atoms with Crippen LogP contribution in [0.2, 0.25) is 0 Å². The molecule has 7 nitrogen and oxygen atoms in total. The van der Waals surface area contributed by atoms with Crippen LogP contribution >= 0.6 is 11.8 Å². The molecule has 0 spiro atoms. The topological polar surface area (TPSA) is 89.7 Å². The molecular formula is C11H10N6OS. The van der Waals surface area contributed by atoms with E-state index >= 15 is 0 Å². The SMILES string of the molecule is Cn1c(=O)[nH]c2c(NC3SC=CN3C#N)nccc21. The van der Waals surface area contributed by atoms with Crippen molar-refractivity contribution in [2.24, 2.45) is 7.05 Å². The maximum Gasteiger partial charge on any atom is 0.326 e. The molecule has 0 aromatic carbocycles. The first kappa shape index (κ1) is 11.7. The van der Waals surface area contributed by atoms with Gasteiger partial charge in [0, 0.05) is 19.4 Å². The Morgan fingerprint density at radius 3 is 3.26 bits per heavy atom. The summed E-state index contributed by atoms with van der Waals surface area (Å²) in [6, 6.07) is 1.76. The predicted molar refractivity (Wildman–Crippen MR) is 72.9 cm³/mol. The first-order chi connectivity index (χ1) is 9.20. The van der Waals surface area contributed by atoms with Crippen molar-refractivity contribution in [2.45, 2.75) is 5.50 Å². The monoisotopic (exact) mass is 274 g/mol. The second-order valence-corrected chi connectivity index (χ2v) is 4.96. The van der Waals surface area contributed by atoms with Crippen molar-refractivity contribution in [1.82, 2.24) is 19.4 Å². The summed E-state index contributed by atoms with van der Waals surface area (Å²) in [6.45, 7) is 0. The zero-order chi connectivity index (χ0) is 13.4. The lowest BCUT2D eigenvalue weighted by Crippen LogP contribution is -2.28. The summed E-state index contributed by atoms with van der Waals surface area (Å²) in [6.07, 6.45) is 5.37. The lowest BCUT2D eigenvalue weighted by Gasteiger charge is -2.18. The van der Waals surface area contributed by atoms with Gasteiger partial charge in [-0.2, -0.15) is 5.26 Å². The van der Waals surface area contributed by atoms with Crippen molar-refractivity contribution >= 4 is 28.6 Å². The van der Waals surface area contributed by atoms with Crippen molar-refractivity contribution in [2.75, 3.05) is 5.32 Å². The van der Waals surface area contributed by atoms with Gasteiger partial charge in [0.25, 0.3) is 0 Å². The fraction of sp³-hybridized carbons (Fsp3) is 0.182. The van der Waals surface area contributed by atoms with E-state index < -0.39 is 0 Å². The Morgan fingerprint density at radius 2 is 2.47 bits per heavy atom. The number of hydrogen-bond donors (Lipinski definition) is 2. The van der Waals surface area contributed by atoms with E-state index in [4.69, 9.17) is 5.26 Å². The van der Waals surface area contributed by atoms with Crippen LogP contribution in [0.1, 0.15) is 0 Å². The maximum absolute atomic E-state index is 11.6. The zero-order valence-electron chi connectivity index (χ0n) is 9.99. The van der Waals surface area contributed by atoms with Crippen LogP contribution in [0.4, 0.5) is 5.82 Å². The number of nitrogens with one attached hydrogen (secondary N) is 2. The normalized spacial score (nSPS) is 17.9. The number of fused-ring (bicyclic) bond motifs is 1. The van der Waals surface area contributed by atoms with Crippen LogP contribution in [-0.4, -0.2) is 24.9 Å². The molecule has 0 radical (unpaired) electrons. The lowest BCUT2D eigenvalue weighted by atomic mass is 10.4. The van der Waals surface area contributed by atoms with Crippen molar-refractivity contribution in [3.63, 3.8) is 0 Å². The molecule has 0 bridgehead atoms. The van der Waals surface area contributed by atoms with Crippen LogP contribution in [0.5, 0.6) is 0 Å². The predicted octanol–water partition coefficient (Wildman–Crippen LogP) is 0.958. The van der Waals surface area contributed by atoms with Gasteiger partial charge in [0.15, 0.2) is 17.5 Å². The number of aryl methyl sites for hydroxylation is 1. The van der Waals surface area contributed by atoms with E-state index in [9.17, 15) is 4.79 Å². The van der Waals surface area contributed by atoms with Crippen LogP contribution in [0.3, 0.4) is 0 Å². The van der Waals surface area contributed by atoms with E-state index in [0.29, 0.717) is 11.3 Å². The van der Waals surface area contributed by atoms with Crippen LogP contribution in [0.25, 0.3) is 11.0 Å².